The van der Waals surface area contributed by atoms with Gasteiger partial charge in [-0.3, -0.25) is 4.79 Å². The third kappa shape index (κ3) is 6.43. The van der Waals surface area contributed by atoms with Gasteiger partial charge in [-0.1, -0.05) is 0 Å². The van der Waals surface area contributed by atoms with Gasteiger partial charge in [0, 0.05) is 14.0 Å². The fourth-order valence-corrected chi connectivity index (χ4v) is 4.62. The molecule has 0 unspecified atom stereocenters. The first-order chi connectivity index (χ1) is 18.0. The van der Waals surface area contributed by atoms with E-state index in [1.165, 1.54) is 7.11 Å². The molecular formula is C21H37NO16. The molecule has 0 aromatic carbocycles. The summed E-state index contributed by atoms with van der Waals surface area (Å²) in [7, 11) is 1.20. The largest absolute Gasteiger partial charge is 0.394 e. The van der Waals surface area contributed by atoms with Crippen LogP contribution in [0.4, 0.5) is 0 Å². The van der Waals surface area contributed by atoms with Crippen molar-refractivity contribution >= 4 is 5.91 Å². The summed E-state index contributed by atoms with van der Waals surface area (Å²) < 4.78 is 32.8. The highest BCUT2D eigenvalue weighted by molar-refractivity contribution is 5.73. The van der Waals surface area contributed by atoms with Gasteiger partial charge in [-0.25, -0.2) is 0 Å². The molecule has 0 radical (unpaired) electrons. The van der Waals surface area contributed by atoms with Crippen LogP contribution in [-0.4, -0.2) is 171 Å². The number of amides is 1. The molecule has 0 saturated carbocycles. The molecule has 10 N–H and O–H groups in total. The minimum atomic E-state index is -1.86. The van der Waals surface area contributed by atoms with Crippen molar-refractivity contribution in [3.8, 4) is 0 Å². The number of rotatable bonds is 9. The second kappa shape index (κ2) is 13.5. The number of nitrogens with one attached hydrogen (secondary N) is 1. The SMILES string of the molecule is CO[C@H]1O[C@H](CO)[C@@H](O)[C@H](O[C@H]2O[C@H](CO)[C@@H](O)[C@H](O)[C@@H]2O[C@@H]2O[C@H](CO)[C@@H](O)[C@H](O)[C@H]2NC(C)=O)[C@@H]1O. The van der Waals surface area contributed by atoms with Gasteiger partial charge in [0.05, 0.1) is 19.8 Å². The lowest BCUT2D eigenvalue weighted by Crippen LogP contribution is -2.68. The molecule has 0 aromatic heterocycles. The van der Waals surface area contributed by atoms with E-state index in [-0.39, 0.29) is 0 Å². The van der Waals surface area contributed by atoms with Gasteiger partial charge in [-0.05, 0) is 0 Å². The maximum atomic E-state index is 11.7. The summed E-state index contributed by atoms with van der Waals surface area (Å²) in [6.45, 7) is -1.11. The first-order valence-electron chi connectivity index (χ1n) is 12.0. The predicted molar refractivity (Wildman–Crippen MR) is 118 cm³/mol. The Morgan fingerprint density at radius 1 is 0.658 bits per heavy atom. The van der Waals surface area contributed by atoms with E-state index in [4.69, 9.17) is 28.4 Å². The molecule has 0 bridgehead atoms. The van der Waals surface area contributed by atoms with E-state index in [9.17, 15) is 50.8 Å². The van der Waals surface area contributed by atoms with Gasteiger partial charge in [0.1, 0.15) is 73.2 Å². The highest BCUT2D eigenvalue weighted by Crippen LogP contribution is 2.33. The fraction of sp³-hybridized carbons (Fsp3) is 0.952. The molecule has 17 heteroatoms. The Morgan fingerprint density at radius 2 is 1.13 bits per heavy atom. The van der Waals surface area contributed by atoms with Crippen LogP contribution in [0.25, 0.3) is 0 Å². The van der Waals surface area contributed by atoms with Gasteiger partial charge < -0.3 is 79.7 Å². The van der Waals surface area contributed by atoms with Crippen LogP contribution in [0.2, 0.25) is 0 Å². The summed E-state index contributed by atoms with van der Waals surface area (Å²) in [4.78, 5) is 11.7. The Kier molecular flexibility index (Phi) is 11.1. The van der Waals surface area contributed by atoms with Crippen molar-refractivity contribution in [2.24, 2.45) is 0 Å². The molecule has 0 spiro atoms. The van der Waals surface area contributed by atoms with E-state index in [1.54, 1.807) is 0 Å². The number of aliphatic hydroxyl groups is 9. The second-order valence-electron chi connectivity index (χ2n) is 9.28. The van der Waals surface area contributed by atoms with Gasteiger partial charge in [0.15, 0.2) is 18.9 Å². The van der Waals surface area contributed by atoms with Crippen molar-refractivity contribution < 1.29 is 79.2 Å². The van der Waals surface area contributed by atoms with Crippen LogP contribution in [0.1, 0.15) is 6.92 Å². The Labute approximate surface area is 217 Å². The first kappa shape index (κ1) is 31.4. The van der Waals surface area contributed by atoms with Crippen LogP contribution in [0.5, 0.6) is 0 Å². The molecule has 3 aliphatic heterocycles. The zero-order valence-electron chi connectivity index (χ0n) is 20.7. The number of carbonyl (C=O) groups excluding carboxylic acids is 1. The molecule has 3 heterocycles. The lowest BCUT2D eigenvalue weighted by atomic mass is 9.95. The predicted octanol–water partition coefficient (Wildman–Crippen LogP) is -6.78. The maximum absolute atomic E-state index is 11.7. The molecule has 3 rings (SSSR count). The number of hydrogen-bond donors (Lipinski definition) is 10. The standard InChI is InChI=1S/C21H37NO16/c1-6(26)22-10-14(30)11(27)7(3-23)34-19(10)38-18-15(31)12(28)8(4-24)36-21(18)37-17-13(29)9(5-25)35-20(33-2)16(17)32/h7-21,23-25,27-32H,3-5H2,1-2H3,(H,22,26)/t7-,8-,9-,10-,11-,12-,13-,14-,15+,16+,17+,18+,19+,20+,21-/m1/s1. The van der Waals surface area contributed by atoms with Crippen molar-refractivity contribution in [2.45, 2.75) is 99.0 Å². The van der Waals surface area contributed by atoms with E-state index >= 15 is 0 Å². The number of carbonyl (C=O) groups is 1. The van der Waals surface area contributed by atoms with E-state index in [2.05, 4.69) is 5.32 Å². The smallest absolute Gasteiger partial charge is 0.217 e. The molecule has 15 atom stereocenters. The highest BCUT2D eigenvalue weighted by atomic mass is 16.8. The molecular weight excluding hydrogens is 522 g/mol. The average molecular weight is 560 g/mol. The van der Waals surface area contributed by atoms with Gasteiger partial charge in [-0.15, -0.1) is 0 Å². The second-order valence-corrected chi connectivity index (χ2v) is 9.28. The summed E-state index contributed by atoms with van der Waals surface area (Å²) in [6.07, 6.45) is -22.3. The quantitative estimate of drug-likeness (QED) is 0.126. The normalized spacial score (nSPS) is 48.0. The lowest BCUT2D eigenvalue weighted by Gasteiger charge is -2.49. The van der Waals surface area contributed by atoms with Crippen LogP contribution < -0.4 is 5.32 Å². The summed E-state index contributed by atoms with van der Waals surface area (Å²) in [5, 5.41) is 94.4. The van der Waals surface area contributed by atoms with Crippen molar-refractivity contribution in [1.29, 1.82) is 0 Å². The van der Waals surface area contributed by atoms with Crippen molar-refractivity contribution in [1.82, 2.24) is 5.32 Å². The summed E-state index contributed by atoms with van der Waals surface area (Å²) in [5.41, 5.74) is 0. The third-order valence-corrected chi connectivity index (χ3v) is 6.71. The van der Waals surface area contributed by atoms with E-state index in [1.807, 2.05) is 0 Å². The summed E-state index contributed by atoms with van der Waals surface area (Å²) in [5.74, 6) is -0.649. The number of hydrogen-bond acceptors (Lipinski definition) is 16. The van der Waals surface area contributed by atoms with E-state index < -0.39 is 118 Å². The minimum absolute atomic E-state index is 0.649. The molecule has 17 nitrogen and oxygen atoms in total. The topological polar surface area (TPSA) is 267 Å². The van der Waals surface area contributed by atoms with Crippen LogP contribution in [0, 0.1) is 0 Å². The van der Waals surface area contributed by atoms with E-state index in [0.717, 1.165) is 6.92 Å². The molecule has 3 fully saturated rings. The Bertz CT molecular complexity index is 747. The minimum Gasteiger partial charge on any atom is -0.394 e. The lowest BCUT2D eigenvalue weighted by molar-refractivity contribution is -0.381. The third-order valence-electron chi connectivity index (χ3n) is 6.71. The zero-order chi connectivity index (χ0) is 28.3. The van der Waals surface area contributed by atoms with Gasteiger partial charge in [0.2, 0.25) is 5.91 Å². The van der Waals surface area contributed by atoms with Crippen molar-refractivity contribution in [3.05, 3.63) is 0 Å². The van der Waals surface area contributed by atoms with Gasteiger partial charge >= 0.3 is 0 Å². The van der Waals surface area contributed by atoms with Gasteiger partial charge in [0.25, 0.3) is 0 Å². The molecule has 222 valence electrons. The number of aliphatic hydroxyl groups excluding tert-OH is 9. The molecule has 0 aliphatic carbocycles. The Morgan fingerprint density at radius 3 is 1.66 bits per heavy atom. The monoisotopic (exact) mass is 559 g/mol. The number of ether oxygens (including phenoxy) is 6. The summed E-state index contributed by atoms with van der Waals surface area (Å²) in [6, 6.07) is -1.43. The molecule has 0 aromatic rings. The first-order valence-corrected chi connectivity index (χ1v) is 12.0. The highest BCUT2D eigenvalue weighted by Gasteiger charge is 2.54. The number of methoxy groups -OCH3 is 1. The maximum Gasteiger partial charge on any atom is 0.217 e. The van der Waals surface area contributed by atoms with Gasteiger partial charge in [-0.2, -0.15) is 0 Å². The summed E-state index contributed by atoms with van der Waals surface area (Å²) >= 11 is 0. The molecule has 1 amide bonds. The average Bonchev–Trinajstić information content (AvgIpc) is 2.89. The fourth-order valence-electron chi connectivity index (χ4n) is 4.62. The molecule has 3 aliphatic rings. The zero-order valence-corrected chi connectivity index (χ0v) is 20.7. The van der Waals surface area contributed by atoms with Crippen molar-refractivity contribution in [2.75, 3.05) is 26.9 Å². The molecule has 3 saturated heterocycles. The van der Waals surface area contributed by atoms with Crippen LogP contribution in [0.3, 0.4) is 0 Å². The van der Waals surface area contributed by atoms with Crippen molar-refractivity contribution in [3.63, 3.8) is 0 Å². The molecule has 38 heavy (non-hydrogen) atoms. The van der Waals surface area contributed by atoms with Crippen LogP contribution in [0.15, 0.2) is 0 Å². The van der Waals surface area contributed by atoms with Crippen LogP contribution in [-0.2, 0) is 33.2 Å². The van der Waals surface area contributed by atoms with Crippen LogP contribution >= 0.6 is 0 Å². The van der Waals surface area contributed by atoms with E-state index in [0.29, 0.717) is 0 Å². The Balaban J connectivity index is 1.91. The Hall–Kier alpha value is -1.13.